The second kappa shape index (κ2) is 8.54. The van der Waals surface area contributed by atoms with Gasteiger partial charge in [0.15, 0.2) is 17.3 Å². The van der Waals surface area contributed by atoms with Crippen LogP contribution in [0.1, 0.15) is 22.8 Å². The Bertz CT molecular complexity index is 932. The molecule has 2 N–H and O–H groups in total. The second-order valence-electron chi connectivity index (χ2n) is 5.50. The van der Waals surface area contributed by atoms with Crippen molar-refractivity contribution in [3.05, 3.63) is 53.1 Å². The van der Waals surface area contributed by atoms with E-state index >= 15 is 0 Å². The van der Waals surface area contributed by atoms with Crippen LogP contribution in [0.15, 0.2) is 42.0 Å². The van der Waals surface area contributed by atoms with Crippen LogP contribution in [0.2, 0.25) is 0 Å². The number of rotatable bonds is 6. The fourth-order valence-corrected chi connectivity index (χ4v) is 2.40. The third-order valence-corrected chi connectivity index (χ3v) is 3.73. The standard InChI is InChI=1S/C20H18N2O5/c1-12(23)15-6-4-5-7-16(15)22-20(25)14(11-21)8-13-9-17(26-2)19(24)18(10-13)27-3/h4-10,24H,1-3H3,(H,22,25)/b14-8-. The summed E-state index contributed by atoms with van der Waals surface area (Å²) in [5.41, 5.74) is 0.893. The van der Waals surface area contributed by atoms with Crippen molar-refractivity contribution in [3.63, 3.8) is 0 Å². The molecule has 0 fully saturated rings. The zero-order valence-corrected chi connectivity index (χ0v) is 15.1. The molecule has 7 heteroatoms. The lowest BCUT2D eigenvalue weighted by molar-refractivity contribution is -0.112. The van der Waals surface area contributed by atoms with Gasteiger partial charge in [-0.25, -0.2) is 0 Å². The van der Waals surface area contributed by atoms with Crippen molar-refractivity contribution < 1.29 is 24.2 Å². The van der Waals surface area contributed by atoms with Crippen molar-refractivity contribution in [2.45, 2.75) is 6.92 Å². The van der Waals surface area contributed by atoms with Crippen molar-refractivity contribution in [2.75, 3.05) is 19.5 Å². The molecule has 0 spiro atoms. The quantitative estimate of drug-likeness (QED) is 0.462. The highest BCUT2D eigenvalue weighted by Gasteiger charge is 2.15. The number of ether oxygens (including phenoxy) is 2. The Labute approximate surface area is 156 Å². The number of hydrogen-bond donors (Lipinski definition) is 2. The number of nitrogens with one attached hydrogen (secondary N) is 1. The molecule has 0 radical (unpaired) electrons. The van der Waals surface area contributed by atoms with Crippen LogP contribution in [-0.4, -0.2) is 31.0 Å². The van der Waals surface area contributed by atoms with Crippen LogP contribution >= 0.6 is 0 Å². The average molecular weight is 366 g/mol. The second-order valence-corrected chi connectivity index (χ2v) is 5.50. The molecule has 27 heavy (non-hydrogen) atoms. The van der Waals surface area contributed by atoms with Crippen molar-refractivity contribution >= 4 is 23.5 Å². The van der Waals surface area contributed by atoms with Crippen LogP contribution in [0.5, 0.6) is 17.2 Å². The number of phenolic OH excluding ortho intramolecular Hbond substituents is 1. The zero-order valence-electron chi connectivity index (χ0n) is 15.1. The molecule has 1 amide bonds. The molecule has 0 unspecified atom stereocenters. The van der Waals surface area contributed by atoms with Crippen LogP contribution in [-0.2, 0) is 4.79 Å². The minimum Gasteiger partial charge on any atom is -0.502 e. The Hall–Kier alpha value is -3.79. The predicted molar refractivity (Wildman–Crippen MR) is 99.9 cm³/mol. The van der Waals surface area contributed by atoms with Crippen LogP contribution in [0.25, 0.3) is 6.08 Å². The predicted octanol–water partition coefficient (Wildman–Crippen LogP) is 3.16. The number of amides is 1. The molecule has 0 aliphatic rings. The first-order valence-electron chi connectivity index (χ1n) is 7.89. The largest absolute Gasteiger partial charge is 0.502 e. The summed E-state index contributed by atoms with van der Waals surface area (Å²) in [6, 6.07) is 11.3. The summed E-state index contributed by atoms with van der Waals surface area (Å²) in [7, 11) is 2.75. The number of nitrogens with zero attached hydrogens (tertiary/aromatic N) is 1. The van der Waals surface area contributed by atoms with Gasteiger partial charge < -0.3 is 19.9 Å². The molecular weight excluding hydrogens is 348 g/mol. The molecule has 0 saturated heterocycles. The van der Waals surface area contributed by atoms with Crippen molar-refractivity contribution in [1.29, 1.82) is 5.26 Å². The van der Waals surface area contributed by atoms with Gasteiger partial charge in [0.2, 0.25) is 5.75 Å². The number of Topliss-reactive ketones (excluding diaryl/α,β-unsaturated/α-hetero) is 1. The number of phenols is 1. The maximum atomic E-state index is 12.5. The summed E-state index contributed by atoms with van der Waals surface area (Å²) in [5, 5.41) is 21.9. The van der Waals surface area contributed by atoms with E-state index in [-0.39, 0.29) is 28.6 Å². The lowest BCUT2D eigenvalue weighted by atomic mass is 10.1. The maximum absolute atomic E-state index is 12.5. The van der Waals surface area contributed by atoms with E-state index in [0.717, 1.165) is 0 Å². The van der Waals surface area contributed by atoms with Gasteiger partial charge in [-0.3, -0.25) is 9.59 Å². The fraction of sp³-hybridized carbons (Fsp3) is 0.150. The molecular formula is C20H18N2O5. The summed E-state index contributed by atoms with van der Waals surface area (Å²) in [5.74, 6) is -0.783. The topological polar surface area (TPSA) is 109 Å². The van der Waals surface area contributed by atoms with E-state index in [4.69, 9.17) is 9.47 Å². The first-order valence-corrected chi connectivity index (χ1v) is 7.89. The third kappa shape index (κ3) is 4.44. The van der Waals surface area contributed by atoms with E-state index in [1.165, 1.54) is 39.4 Å². The number of hydrogen-bond acceptors (Lipinski definition) is 6. The number of nitriles is 1. The highest BCUT2D eigenvalue weighted by molar-refractivity contribution is 6.12. The highest BCUT2D eigenvalue weighted by atomic mass is 16.5. The Morgan fingerprint density at radius 1 is 1.15 bits per heavy atom. The van der Waals surface area contributed by atoms with E-state index in [0.29, 0.717) is 16.8 Å². The smallest absolute Gasteiger partial charge is 0.266 e. The molecule has 2 rings (SSSR count). The molecule has 0 aliphatic heterocycles. The lowest BCUT2D eigenvalue weighted by Gasteiger charge is -2.10. The van der Waals surface area contributed by atoms with Gasteiger partial charge in [-0.2, -0.15) is 5.26 Å². The van der Waals surface area contributed by atoms with Crippen LogP contribution in [0, 0.1) is 11.3 Å². The number of methoxy groups -OCH3 is 2. The van der Waals surface area contributed by atoms with Gasteiger partial charge in [0, 0.05) is 5.56 Å². The Kier molecular flexibility index (Phi) is 6.18. The van der Waals surface area contributed by atoms with Crippen molar-refractivity contribution in [3.8, 4) is 23.3 Å². The van der Waals surface area contributed by atoms with Gasteiger partial charge in [0.05, 0.1) is 19.9 Å². The van der Waals surface area contributed by atoms with Gasteiger partial charge in [0.1, 0.15) is 11.6 Å². The molecule has 0 bridgehead atoms. The molecule has 0 aliphatic carbocycles. The maximum Gasteiger partial charge on any atom is 0.266 e. The van der Waals surface area contributed by atoms with Gasteiger partial charge in [-0.15, -0.1) is 0 Å². The normalized spacial score (nSPS) is 10.7. The molecule has 2 aromatic carbocycles. The van der Waals surface area contributed by atoms with Gasteiger partial charge in [-0.05, 0) is 42.8 Å². The molecule has 2 aromatic rings. The van der Waals surface area contributed by atoms with E-state index in [1.54, 1.807) is 24.3 Å². The Balaban J connectivity index is 2.38. The van der Waals surface area contributed by atoms with E-state index in [2.05, 4.69) is 5.32 Å². The van der Waals surface area contributed by atoms with Gasteiger partial charge in [-0.1, -0.05) is 12.1 Å². The van der Waals surface area contributed by atoms with Crippen molar-refractivity contribution in [2.24, 2.45) is 0 Å². The number of ketones is 1. The zero-order chi connectivity index (χ0) is 20.0. The summed E-state index contributed by atoms with van der Waals surface area (Å²) < 4.78 is 10.1. The summed E-state index contributed by atoms with van der Waals surface area (Å²) in [6.07, 6.45) is 1.33. The van der Waals surface area contributed by atoms with Crippen LogP contribution < -0.4 is 14.8 Å². The number of benzene rings is 2. The van der Waals surface area contributed by atoms with E-state index < -0.39 is 5.91 Å². The number of carbonyl (C=O) groups excluding carboxylic acids is 2. The van der Waals surface area contributed by atoms with Gasteiger partial charge in [0.25, 0.3) is 5.91 Å². The SMILES string of the molecule is COc1cc(/C=C(/C#N)C(=O)Nc2ccccc2C(C)=O)cc(OC)c1O. The molecule has 0 atom stereocenters. The van der Waals surface area contributed by atoms with Crippen LogP contribution in [0.3, 0.4) is 0 Å². The minimum absolute atomic E-state index is 0.139. The van der Waals surface area contributed by atoms with Gasteiger partial charge >= 0.3 is 0 Å². The number of para-hydroxylation sites is 1. The molecule has 0 saturated carbocycles. The summed E-state index contributed by atoms with van der Waals surface area (Å²) in [6.45, 7) is 1.39. The van der Waals surface area contributed by atoms with Crippen molar-refractivity contribution in [1.82, 2.24) is 0 Å². The first-order chi connectivity index (χ1) is 12.9. The number of aromatic hydroxyl groups is 1. The third-order valence-electron chi connectivity index (χ3n) is 3.73. The fourth-order valence-electron chi connectivity index (χ4n) is 2.40. The Morgan fingerprint density at radius 3 is 2.26 bits per heavy atom. The number of anilines is 1. The molecule has 138 valence electrons. The minimum atomic E-state index is -0.669. The molecule has 7 nitrogen and oxygen atoms in total. The summed E-state index contributed by atoms with van der Waals surface area (Å²) in [4.78, 5) is 24.1. The van der Waals surface area contributed by atoms with E-state index in [9.17, 15) is 20.0 Å². The highest BCUT2D eigenvalue weighted by Crippen LogP contribution is 2.37. The van der Waals surface area contributed by atoms with Crippen LogP contribution in [0.4, 0.5) is 5.69 Å². The molecule has 0 aromatic heterocycles. The summed E-state index contributed by atoms with van der Waals surface area (Å²) >= 11 is 0. The first kappa shape index (κ1) is 19.5. The van der Waals surface area contributed by atoms with E-state index in [1.807, 2.05) is 6.07 Å². The monoisotopic (exact) mass is 366 g/mol. The average Bonchev–Trinajstić information content (AvgIpc) is 2.67. The molecule has 0 heterocycles. The lowest BCUT2D eigenvalue weighted by Crippen LogP contribution is -2.15. The number of carbonyl (C=O) groups is 2. The Morgan fingerprint density at radius 2 is 1.74 bits per heavy atom.